The van der Waals surface area contributed by atoms with Gasteiger partial charge in [0.2, 0.25) is 0 Å². The number of ether oxygens (including phenoxy) is 1. The molecule has 2 amide bonds. The van der Waals surface area contributed by atoms with Crippen molar-refractivity contribution in [1.82, 2.24) is 14.2 Å². The molecule has 0 bridgehead atoms. The fraction of sp³-hybridized carbons (Fsp3) is 0.0930. The number of hydrogen-bond donors (Lipinski definition) is 0. The van der Waals surface area contributed by atoms with Crippen LogP contribution in [0, 0.1) is 6.92 Å². The molecule has 0 aliphatic carbocycles. The normalized spacial score (nSPS) is 11.9. The van der Waals surface area contributed by atoms with E-state index in [0.717, 1.165) is 15.2 Å². The molecule has 0 aliphatic rings. The Morgan fingerprint density at radius 2 is 1.49 bits per heavy atom. The molecular weight excluding hydrogens is 688 g/mol. The van der Waals surface area contributed by atoms with E-state index in [0.29, 0.717) is 49.6 Å². The molecule has 0 radical (unpaired) electrons. The van der Waals surface area contributed by atoms with Crippen LogP contribution in [0.1, 0.15) is 40.0 Å². The van der Waals surface area contributed by atoms with E-state index in [-0.39, 0.29) is 17.1 Å². The number of rotatable bonds is 8. The van der Waals surface area contributed by atoms with Gasteiger partial charge in [-0.05, 0) is 85.6 Å². The van der Waals surface area contributed by atoms with Crippen LogP contribution in [0.3, 0.4) is 0 Å². The second kappa shape index (κ2) is 14.6. The van der Waals surface area contributed by atoms with Crippen LogP contribution < -0.4 is 15.3 Å². The number of aromatic nitrogens is 3. The molecule has 0 aliphatic heterocycles. The van der Waals surface area contributed by atoms with Crippen LogP contribution in [0.5, 0.6) is 5.75 Å². The minimum Gasteiger partial charge on any atom is -0.497 e. The Morgan fingerprint density at radius 3 is 2.19 bits per heavy atom. The summed E-state index contributed by atoms with van der Waals surface area (Å²) in [5, 5.41) is 2.14. The Balaban J connectivity index is 1.45. The number of amides is 2. The van der Waals surface area contributed by atoms with Crippen LogP contribution in [-0.4, -0.2) is 39.1 Å². The van der Waals surface area contributed by atoms with Crippen LogP contribution in [0.4, 0.5) is 0 Å². The Bertz CT molecular complexity index is 2610. The maximum Gasteiger partial charge on any atom is 0.281 e. The summed E-state index contributed by atoms with van der Waals surface area (Å²) in [4.78, 5) is 63.1. The number of fused-ring (bicyclic) bond motifs is 2. The average Bonchev–Trinajstić information content (AvgIpc) is 3.48. The molecule has 9 nitrogen and oxygen atoms in total. The van der Waals surface area contributed by atoms with E-state index in [9.17, 15) is 14.4 Å². The Kier molecular flexibility index (Phi) is 9.58. The van der Waals surface area contributed by atoms with Gasteiger partial charge in [0.05, 0.1) is 29.4 Å². The van der Waals surface area contributed by atoms with Crippen molar-refractivity contribution in [1.29, 1.82) is 0 Å². The zero-order valence-corrected chi connectivity index (χ0v) is 29.8. The monoisotopic (exact) mass is 720 g/mol. The number of hydrogen-bond acceptors (Lipinski definition) is 6. The van der Waals surface area contributed by atoms with Crippen LogP contribution in [0.25, 0.3) is 39.3 Å². The molecule has 262 valence electrons. The summed E-state index contributed by atoms with van der Waals surface area (Å²) >= 11 is 6.12. The lowest BCUT2D eigenvalue weighted by atomic mass is 9.96. The van der Waals surface area contributed by atoms with E-state index < -0.39 is 23.3 Å². The molecule has 1 atom stereocenters. The highest BCUT2D eigenvalue weighted by atomic mass is 35.5. The first-order chi connectivity index (χ1) is 25.7. The molecule has 2 heterocycles. The lowest BCUT2D eigenvalue weighted by molar-refractivity contribution is -0.127. The fourth-order valence-corrected chi connectivity index (χ4v) is 6.70. The van der Waals surface area contributed by atoms with Gasteiger partial charge in [-0.2, -0.15) is 9.69 Å². The predicted molar refractivity (Wildman–Crippen MR) is 208 cm³/mol. The first-order valence-electron chi connectivity index (χ1n) is 16.9. The molecule has 53 heavy (non-hydrogen) atoms. The largest absolute Gasteiger partial charge is 0.497 e. The maximum atomic E-state index is 15.1. The van der Waals surface area contributed by atoms with Gasteiger partial charge in [0, 0.05) is 33.3 Å². The van der Waals surface area contributed by atoms with Crippen molar-refractivity contribution in [2.75, 3.05) is 12.1 Å². The summed E-state index contributed by atoms with van der Waals surface area (Å²) in [6.45, 7) is 3.41. The van der Waals surface area contributed by atoms with E-state index in [1.54, 1.807) is 111 Å². The molecule has 0 N–H and O–H groups in total. The first kappa shape index (κ1) is 34.9. The van der Waals surface area contributed by atoms with E-state index in [2.05, 4.69) is 0 Å². The first-order valence-corrected chi connectivity index (χ1v) is 17.2. The highest BCUT2D eigenvalue weighted by Crippen LogP contribution is 2.36. The molecule has 2 aromatic heterocycles. The third-order valence-electron chi connectivity index (χ3n) is 9.18. The van der Waals surface area contributed by atoms with E-state index in [1.165, 1.54) is 17.8 Å². The van der Waals surface area contributed by atoms with Crippen LogP contribution >= 0.6 is 11.6 Å². The number of carbonyl (C=O) groups excluding carboxylic acids is 3. The van der Waals surface area contributed by atoms with Gasteiger partial charge in [0.25, 0.3) is 23.3 Å². The maximum absolute atomic E-state index is 15.1. The van der Waals surface area contributed by atoms with Crippen molar-refractivity contribution in [2.45, 2.75) is 19.8 Å². The standard InChI is InChI=1S/C43H33ClN4O5/c1-27(39-28(2)46(37-24-23-33(53-3)26-35(37)39)42(51)31-19-21-32(44)22-20-31)41(50)47(38(49)25-18-29-12-6-4-7-13-29)48-40(30-14-8-5-9-15-30)45-36-17-11-10-16-34(36)43(48)52/h4-27H,1-3H3/b25-18+. The zero-order chi connectivity index (χ0) is 37.2. The number of carbonyl (C=O) groups is 3. The predicted octanol–water partition coefficient (Wildman–Crippen LogP) is 8.19. The van der Waals surface area contributed by atoms with E-state index in [1.807, 2.05) is 36.4 Å². The van der Waals surface area contributed by atoms with Crippen molar-refractivity contribution < 1.29 is 19.1 Å². The van der Waals surface area contributed by atoms with Gasteiger partial charge in [-0.3, -0.25) is 23.7 Å². The molecule has 5 aromatic carbocycles. The number of halogens is 1. The summed E-state index contributed by atoms with van der Waals surface area (Å²) in [6.07, 6.45) is 2.85. The molecule has 10 heteroatoms. The lowest BCUT2D eigenvalue weighted by Gasteiger charge is -2.27. The molecule has 7 rings (SSSR count). The van der Waals surface area contributed by atoms with Crippen molar-refractivity contribution in [3.8, 4) is 17.1 Å². The summed E-state index contributed by atoms with van der Waals surface area (Å²) in [5.41, 5.74) is 2.94. The molecule has 1 unspecified atom stereocenters. The second-order valence-electron chi connectivity index (χ2n) is 12.4. The number of imide groups is 1. The Labute approximate surface area is 309 Å². The molecule has 0 fully saturated rings. The number of methoxy groups -OCH3 is 1. The van der Waals surface area contributed by atoms with E-state index >= 15 is 4.79 Å². The molecular formula is C43H33ClN4O5. The lowest BCUT2D eigenvalue weighted by Crippen LogP contribution is -2.52. The number of benzene rings is 5. The fourth-order valence-electron chi connectivity index (χ4n) is 6.58. The van der Waals surface area contributed by atoms with Gasteiger partial charge in [0.15, 0.2) is 5.82 Å². The van der Waals surface area contributed by atoms with Crippen molar-refractivity contribution in [3.05, 3.63) is 171 Å². The third-order valence-corrected chi connectivity index (χ3v) is 9.43. The Hall–Kier alpha value is -6.58. The third kappa shape index (κ3) is 6.54. The van der Waals surface area contributed by atoms with Gasteiger partial charge in [-0.25, -0.2) is 4.98 Å². The number of nitrogens with zero attached hydrogens (tertiary/aromatic N) is 4. The van der Waals surface area contributed by atoms with E-state index in [4.69, 9.17) is 21.3 Å². The quantitative estimate of drug-likeness (QED) is 0.147. The summed E-state index contributed by atoms with van der Waals surface area (Å²) < 4.78 is 8.15. The van der Waals surface area contributed by atoms with Gasteiger partial charge < -0.3 is 4.74 Å². The summed E-state index contributed by atoms with van der Waals surface area (Å²) in [7, 11) is 1.53. The van der Waals surface area contributed by atoms with Crippen LogP contribution in [0.2, 0.25) is 5.02 Å². The minimum absolute atomic E-state index is 0.107. The Morgan fingerprint density at radius 1 is 0.830 bits per heavy atom. The van der Waals surface area contributed by atoms with Gasteiger partial charge >= 0.3 is 0 Å². The highest BCUT2D eigenvalue weighted by molar-refractivity contribution is 6.30. The summed E-state index contributed by atoms with van der Waals surface area (Å²) in [5.74, 6) is -2.25. The average molecular weight is 721 g/mol. The molecule has 0 saturated carbocycles. The topological polar surface area (TPSA) is 104 Å². The molecule has 0 spiro atoms. The van der Waals surface area contributed by atoms with Gasteiger partial charge in [-0.15, -0.1) is 0 Å². The molecule has 0 saturated heterocycles. The number of para-hydroxylation sites is 1. The smallest absolute Gasteiger partial charge is 0.281 e. The zero-order valence-electron chi connectivity index (χ0n) is 29.1. The molecule has 7 aromatic rings. The van der Waals surface area contributed by atoms with Gasteiger partial charge in [0.1, 0.15) is 5.75 Å². The van der Waals surface area contributed by atoms with Crippen LogP contribution in [-0.2, 0) is 9.59 Å². The van der Waals surface area contributed by atoms with Crippen molar-refractivity contribution in [3.63, 3.8) is 0 Å². The minimum atomic E-state index is -1.06. The van der Waals surface area contributed by atoms with Gasteiger partial charge in [-0.1, -0.05) is 84.4 Å². The van der Waals surface area contributed by atoms with Crippen LogP contribution in [0.15, 0.2) is 138 Å². The van der Waals surface area contributed by atoms with Crippen molar-refractivity contribution >= 4 is 57.2 Å². The van der Waals surface area contributed by atoms with Crippen molar-refractivity contribution in [2.24, 2.45) is 0 Å². The highest BCUT2D eigenvalue weighted by Gasteiger charge is 2.35. The SMILES string of the molecule is COc1ccc2c(c1)c(C(C)C(=O)N(C(=O)/C=C/c1ccccc1)n1c(-c3ccccc3)nc3ccccc3c1=O)c(C)n2C(=O)c1ccc(Cl)cc1. The summed E-state index contributed by atoms with van der Waals surface area (Å²) in [6, 6.07) is 36.7. The second-order valence-corrected chi connectivity index (χ2v) is 12.9.